The maximum atomic E-state index is 15.0. The van der Waals surface area contributed by atoms with Crippen LogP contribution in [0.15, 0.2) is 28.3 Å². The van der Waals surface area contributed by atoms with Gasteiger partial charge in [0, 0.05) is 45.2 Å². The molecule has 0 unspecified atom stereocenters. The normalized spacial score (nSPS) is 17.9. The number of hydrogen-bond acceptors (Lipinski definition) is 7. The van der Waals surface area contributed by atoms with Gasteiger partial charge in [-0.05, 0) is 31.9 Å². The van der Waals surface area contributed by atoms with Crippen LogP contribution in [0.25, 0.3) is 10.9 Å². The molecule has 31 heavy (non-hydrogen) atoms. The van der Waals surface area contributed by atoms with Crippen LogP contribution >= 0.6 is 0 Å². The molecule has 2 N–H and O–H groups in total. The minimum absolute atomic E-state index is 0.115. The van der Waals surface area contributed by atoms with Gasteiger partial charge in [-0.3, -0.25) is 9.69 Å². The van der Waals surface area contributed by atoms with Gasteiger partial charge in [-0.2, -0.15) is 0 Å². The van der Waals surface area contributed by atoms with Gasteiger partial charge in [0.05, 0.1) is 28.5 Å². The highest BCUT2D eigenvalue weighted by atomic mass is 19.1. The van der Waals surface area contributed by atoms with Gasteiger partial charge in [0.2, 0.25) is 5.43 Å². The van der Waals surface area contributed by atoms with E-state index in [1.54, 1.807) is 13.0 Å². The first-order valence-corrected chi connectivity index (χ1v) is 10.3. The number of rotatable bonds is 6. The Morgan fingerprint density at radius 3 is 2.58 bits per heavy atom. The van der Waals surface area contributed by atoms with Gasteiger partial charge in [-0.15, -0.1) is 0 Å². The SMILES string of the molecule is CC(CCN1CCN(c2cc3c(cc2F)c(=O)c(OC(=O)O)cn3C2CC2)CC1)=NO. The maximum absolute atomic E-state index is 15.0. The Labute approximate surface area is 177 Å². The van der Waals surface area contributed by atoms with Crippen LogP contribution in [0.5, 0.6) is 5.75 Å². The molecule has 166 valence electrons. The molecule has 0 radical (unpaired) electrons. The van der Waals surface area contributed by atoms with Gasteiger partial charge in [0.15, 0.2) is 5.75 Å². The first-order chi connectivity index (χ1) is 14.9. The molecule has 0 bridgehead atoms. The molecule has 1 aliphatic heterocycles. The zero-order valence-electron chi connectivity index (χ0n) is 17.3. The summed E-state index contributed by atoms with van der Waals surface area (Å²) in [6, 6.07) is 3.02. The van der Waals surface area contributed by atoms with Crippen LogP contribution in [0.2, 0.25) is 0 Å². The number of pyridine rings is 1. The summed E-state index contributed by atoms with van der Waals surface area (Å²) in [4.78, 5) is 27.8. The number of hydrogen-bond donors (Lipinski definition) is 2. The van der Waals surface area contributed by atoms with Crippen LogP contribution in [0.1, 0.15) is 32.2 Å². The number of piperazine rings is 1. The molecule has 10 heteroatoms. The molecular weight excluding hydrogens is 407 g/mol. The Kier molecular flexibility index (Phi) is 5.81. The fourth-order valence-corrected chi connectivity index (χ4v) is 3.98. The third-order valence-corrected chi connectivity index (χ3v) is 5.88. The van der Waals surface area contributed by atoms with E-state index in [4.69, 9.17) is 10.3 Å². The monoisotopic (exact) mass is 432 g/mol. The standard InChI is InChI=1S/C21H25FN4O5/c1-13(23-30)4-5-24-6-8-25(9-7-24)18-11-17-15(10-16(18)22)20(27)19(31-21(28)29)12-26(17)14-2-3-14/h10-12,14,30H,2-9H2,1H3,(H,28,29). The van der Waals surface area contributed by atoms with E-state index in [2.05, 4.69) is 14.8 Å². The third kappa shape index (κ3) is 4.48. The zero-order valence-corrected chi connectivity index (χ0v) is 17.3. The molecular formula is C21H25FN4O5. The number of ether oxygens (including phenoxy) is 1. The fraction of sp³-hybridized carbons (Fsp3) is 0.476. The fourth-order valence-electron chi connectivity index (χ4n) is 3.98. The van der Waals surface area contributed by atoms with Gasteiger partial charge in [-0.1, -0.05) is 5.16 Å². The molecule has 1 aromatic carbocycles. The molecule has 1 aromatic heterocycles. The Balaban J connectivity index is 1.61. The van der Waals surface area contributed by atoms with Gasteiger partial charge in [0.25, 0.3) is 0 Å². The molecule has 2 heterocycles. The quantitative estimate of drug-likeness (QED) is 0.313. The number of halogens is 1. The minimum Gasteiger partial charge on any atom is -0.449 e. The van der Waals surface area contributed by atoms with Crippen LogP contribution in [-0.2, 0) is 0 Å². The Bertz CT molecular complexity index is 1090. The van der Waals surface area contributed by atoms with Crippen LogP contribution in [0.3, 0.4) is 0 Å². The molecule has 1 saturated carbocycles. The van der Waals surface area contributed by atoms with Crippen molar-refractivity contribution in [2.24, 2.45) is 5.16 Å². The van der Waals surface area contributed by atoms with E-state index < -0.39 is 17.4 Å². The first kappa shape index (κ1) is 21.1. The minimum atomic E-state index is -1.57. The van der Waals surface area contributed by atoms with Crippen LogP contribution in [0.4, 0.5) is 14.9 Å². The molecule has 2 aliphatic rings. The molecule has 0 spiro atoms. The second-order valence-electron chi connectivity index (χ2n) is 8.06. The molecule has 2 aromatic rings. The molecule has 4 rings (SSSR count). The van der Waals surface area contributed by atoms with E-state index in [0.717, 1.165) is 32.5 Å². The number of anilines is 1. The van der Waals surface area contributed by atoms with Crippen molar-refractivity contribution in [2.75, 3.05) is 37.6 Å². The number of aromatic nitrogens is 1. The molecule has 1 aliphatic carbocycles. The number of oxime groups is 1. The predicted octanol–water partition coefficient (Wildman–Crippen LogP) is 2.89. The number of carbonyl (C=O) groups is 1. The molecule has 0 amide bonds. The first-order valence-electron chi connectivity index (χ1n) is 10.3. The van der Waals surface area contributed by atoms with Crippen molar-refractivity contribution < 1.29 is 24.2 Å². The topological polar surface area (TPSA) is 108 Å². The van der Waals surface area contributed by atoms with Crippen molar-refractivity contribution in [1.29, 1.82) is 0 Å². The highest BCUT2D eigenvalue weighted by Gasteiger charge is 2.28. The Morgan fingerprint density at radius 2 is 1.97 bits per heavy atom. The highest BCUT2D eigenvalue weighted by Crippen LogP contribution is 2.39. The summed E-state index contributed by atoms with van der Waals surface area (Å²) < 4.78 is 21.5. The van der Waals surface area contributed by atoms with Crippen molar-refractivity contribution in [1.82, 2.24) is 9.47 Å². The largest absolute Gasteiger partial charge is 0.511 e. The summed E-state index contributed by atoms with van der Waals surface area (Å²) in [6.07, 6.45) is 2.34. The van der Waals surface area contributed by atoms with E-state index >= 15 is 4.39 Å². The van der Waals surface area contributed by atoms with Crippen molar-refractivity contribution in [3.05, 3.63) is 34.4 Å². The molecule has 1 saturated heterocycles. The summed E-state index contributed by atoms with van der Waals surface area (Å²) in [5.41, 5.74) is 1.05. The molecule has 2 fully saturated rings. The summed E-state index contributed by atoms with van der Waals surface area (Å²) in [5.74, 6) is -0.828. The predicted molar refractivity (Wildman–Crippen MR) is 113 cm³/mol. The maximum Gasteiger partial charge on any atom is 0.511 e. The smallest absolute Gasteiger partial charge is 0.449 e. The lowest BCUT2D eigenvalue weighted by atomic mass is 10.1. The van der Waals surface area contributed by atoms with Crippen molar-refractivity contribution in [2.45, 2.75) is 32.2 Å². The number of fused-ring (bicyclic) bond motifs is 1. The molecule has 9 nitrogen and oxygen atoms in total. The van der Waals surface area contributed by atoms with Crippen molar-refractivity contribution in [3.8, 4) is 5.75 Å². The second kappa shape index (κ2) is 8.54. The van der Waals surface area contributed by atoms with E-state index in [0.29, 0.717) is 36.4 Å². The Morgan fingerprint density at radius 1 is 1.26 bits per heavy atom. The van der Waals surface area contributed by atoms with E-state index in [-0.39, 0.29) is 17.2 Å². The van der Waals surface area contributed by atoms with Gasteiger partial charge >= 0.3 is 6.16 Å². The van der Waals surface area contributed by atoms with Crippen molar-refractivity contribution >= 4 is 28.5 Å². The average molecular weight is 432 g/mol. The van der Waals surface area contributed by atoms with Gasteiger partial charge in [0.1, 0.15) is 5.82 Å². The molecule has 0 atom stereocenters. The van der Waals surface area contributed by atoms with E-state index in [9.17, 15) is 9.59 Å². The average Bonchev–Trinajstić information content (AvgIpc) is 3.59. The lowest BCUT2D eigenvalue weighted by Crippen LogP contribution is -2.47. The zero-order chi connectivity index (χ0) is 22.1. The summed E-state index contributed by atoms with van der Waals surface area (Å²) in [6.45, 7) is 5.30. The van der Waals surface area contributed by atoms with Crippen LogP contribution in [-0.4, -0.2) is 64.4 Å². The third-order valence-electron chi connectivity index (χ3n) is 5.88. The number of benzene rings is 1. The summed E-state index contributed by atoms with van der Waals surface area (Å²) >= 11 is 0. The van der Waals surface area contributed by atoms with Gasteiger partial charge in [-0.25, -0.2) is 9.18 Å². The lowest BCUT2D eigenvalue weighted by Gasteiger charge is -2.36. The number of nitrogens with zero attached hydrogens (tertiary/aromatic N) is 4. The second-order valence-corrected chi connectivity index (χ2v) is 8.06. The van der Waals surface area contributed by atoms with Gasteiger partial charge < -0.3 is 24.5 Å². The highest BCUT2D eigenvalue weighted by molar-refractivity contribution is 5.85. The van der Waals surface area contributed by atoms with E-state index in [1.807, 2.05) is 9.47 Å². The van der Waals surface area contributed by atoms with Crippen molar-refractivity contribution in [3.63, 3.8) is 0 Å². The summed E-state index contributed by atoms with van der Waals surface area (Å²) in [5, 5.41) is 21.0. The van der Waals surface area contributed by atoms with Crippen LogP contribution < -0.4 is 15.1 Å². The Hall–Kier alpha value is -3.14. The summed E-state index contributed by atoms with van der Waals surface area (Å²) in [7, 11) is 0. The number of carboxylic acid groups (broad SMARTS) is 1. The lowest BCUT2D eigenvalue weighted by molar-refractivity contribution is 0.143. The van der Waals surface area contributed by atoms with Crippen LogP contribution in [0, 0.1) is 5.82 Å². The van der Waals surface area contributed by atoms with E-state index in [1.165, 1.54) is 12.3 Å².